The minimum atomic E-state index is -2.11. The Kier molecular flexibility index (Phi) is 8.80. The van der Waals surface area contributed by atoms with E-state index in [4.69, 9.17) is 8.85 Å². The molecule has 2 aliphatic carbocycles. The van der Waals surface area contributed by atoms with Crippen LogP contribution in [0.25, 0.3) is 0 Å². The van der Waals surface area contributed by atoms with E-state index >= 15 is 0 Å². The predicted molar refractivity (Wildman–Crippen MR) is 106 cm³/mol. The van der Waals surface area contributed by atoms with Crippen LogP contribution < -0.4 is 0 Å². The third-order valence-corrected chi connectivity index (χ3v) is 11.1. The Morgan fingerprint density at radius 1 is 0.833 bits per heavy atom. The van der Waals surface area contributed by atoms with Crippen molar-refractivity contribution in [3.05, 3.63) is 0 Å². The summed E-state index contributed by atoms with van der Waals surface area (Å²) in [7, 11) is -2.11. The van der Waals surface area contributed by atoms with Crippen LogP contribution in [0, 0.1) is 11.8 Å². The molecule has 2 saturated carbocycles. The van der Waals surface area contributed by atoms with Gasteiger partial charge in [0.1, 0.15) is 0 Å². The molecule has 2 fully saturated rings. The van der Waals surface area contributed by atoms with E-state index < -0.39 is 8.56 Å². The molecule has 24 heavy (non-hydrogen) atoms. The molecule has 142 valence electrons. The highest BCUT2D eigenvalue weighted by Gasteiger charge is 2.52. The largest absolute Gasteiger partial charge is 0.394 e. The molecule has 0 aromatic carbocycles. The van der Waals surface area contributed by atoms with Gasteiger partial charge in [0.25, 0.3) is 0 Å². The van der Waals surface area contributed by atoms with Gasteiger partial charge in [-0.1, -0.05) is 59.8 Å². The molecule has 0 N–H and O–H groups in total. The first-order chi connectivity index (χ1) is 11.6. The van der Waals surface area contributed by atoms with E-state index in [1.165, 1.54) is 64.2 Å². The quantitative estimate of drug-likeness (QED) is 0.422. The Balaban J connectivity index is 2.15. The first-order valence-electron chi connectivity index (χ1n) is 10.9. The average molecular weight is 355 g/mol. The maximum absolute atomic E-state index is 6.87. The predicted octanol–water partition coefficient (Wildman–Crippen LogP) is 6.83. The molecule has 2 aliphatic rings. The summed E-state index contributed by atoms with van der Waals surface area (Å²) in [4.78, 5) is 0. The van der Waals surface area contributed by atoms with Gasteiger partial charge in [-0.2, -0.15) is 0 Å². The van der Waals surface area contributed by atoms with Gasteiger partial charge in [0.15, 0.2) is 0 Å². The van der Waals surface area contributed by atoms with E-state index in [0.717, 1.165) is 42.6 Å². The monoisotopic (exact) mass is 354 g/mol. The maximum Gasteiger partial charge on any atom is 0.344 e. The van der Waals surface area contributed by atoms with Crippen LogP contribution in [0.4, 0.5) is 0 Å². The fourth-order valence-electron chi connectivity index (χ4n) is 4.73. The number of hydrogen-bond acceptors (Lipinski definition) is 2. The summed E-state index contributed by atoms with van der Waals surface area (Å²) in [5.74, 6) is 1.63. The van der Waals surface area contributed by atoms with E-state index in [-0.39, 0.29) is 0 Å². The third-order valence-electron chi connectivity index (χ3n) is 6.31. The topological polar surface area (TPSA) is 18.5 Å². The van der Waals surface area contributed by atoms with Crippen LogP contribution in [0.3, 0.4) is 0 Å². The van der Waals surface area contributed by atoms with Crippen molar-refractivity contribution in [2.75, 3.05) is 13.2 Å². The van der Waals surface area contributed by atoms with Crippen LogP contribution >= 0.6 is 0 Å². The minimum absolute atomic E-state index is 0.723. The Morgan fingerprint density at radius 2 is 1.42 bits per heavy atom. The lowest BCUT2D eigenvalue weighted by atomic mass is 9.90. The van der Waals surface area contributed by atoms with E-state index in [9.17, 15) is 0 Å². The van der Waals surface area contributed by atoms with Gasteiger partial charge in [-0.15, -0.1) is 0 Å². The SMILES string of the molecule is CCCO[Si](OCCC(C)C)(C1CCCCC1)C1CCC(C)CC1. The smallest absolute Gasteiger partial charge is 0.344 e. The third kappa shape index (κ3) is 5.57. The van der Waals surface area contributed by atoms with Crippen molar-refractivity contribution in [1.82, 2.24) is 0 Å². The Hall–Kier alpha value is 0.137. The zero-order chi connectivity index (χ0) is 17.4. The van der Waals surface area contributed by atoms with Crippen molar-refractivity contribution < 1.29 is 8.85 Å². The second-order valence-corrected chi connectivity index (χ2v) is 12.5. The molecule has 2 nitrogen and oxygen atoms in total. The molecule has 0 saturated heterocycles. The Labute approximate surface area is 152 Å². The summed E-state index contributed by atoms with van der Waals surface area (Å²) < 4.78 is 13.7. The van der Waals surface area contributed by atoms with Gasteiger partial charge in [-0.3, -0.25) is 0 Å². The molecule has 0 spiro atoms. The molecule has 0 aliphatic heterocycles. The maximum atomic E-state index is 6.87. The average Bonchev–Trinajstić information content (AvgIpc) is 2.59. The molecule has 0 amide bonds. The summed E-state index contributed by atoms with van der Waals surface area (Å²) in [5.41, 5.74) is 1.50. The van der Waals surface area contributed by atoms with Crippen LogP contribution in [-0.2, 0) is 8.85 Å². The molecule has 1 unspecified atom stereocenters. The Morgan fingerprint density at radius 3 is 2.00 bits per heavy atom. The molecule has 0 radical (unpaired) electrons. The van der Waals surface area contributed by atoms with E-state index in [1.807, 2.05) is 0 Å². The molecular weight excluding hydrogens is 312 g/mol. The molecule has 2 rings (SSSR count). The zero-order valence-electron chi connectivity index (χ0n) is 16.8. The van der Waals surface area contributed by atoms with Crippen LogP contribution in [0.15, 0.2) is 0 Å². The van der Waals surface area contributed by atoms with Crippen molar-refractivity contribution in [1.29, 1.82) is 0 Å². The molecular formula is C21H42O2Si. The molecule has 0 bridgehead atoms. The van der Waals surface area contributed by atoms with E-state index in [0.29, 0.717) is 0 Å². The van der Waals surface area contributed by atoms with Crippen molar-refractivity contribution in [3.63, 3.8) is 0 Å². The van der Waals surface area contributed by atoms with E-state index in [1.54, 1.807) is 0 Å². The van der Waals surface area contributed by atoms with E-state index in [2.05, 4.69) is 27.7 Å². The van der Waals surface area contributed by atoms with Crippen molar-refractivity contribution >= 4 is 8.56 Å². The van der Waals surface area contributed by atoms with Crippen LogP contribution in [0.1, 0.15) is 98.3 Å². The molecule has 0 heterocycles. The van der Waals surface area contributed by atoms with Crippen molar-refractivity contribution in [3.8, 4) is 0 Å². The molecule has 0 aromatic rings. The molecule has 1 atom stereocenters. The van der Waals surface area contributed by atoms with Crippen molar-refractivity contribution in [2.45, 2.75) is 109 Å². The summed E-state index contributed by atoms with van der Waals surface area (Å²) in [6.07, 6.45) is 14.7. The second kappa shape index (κ2) is 10.3. The fraction of sp³-hybridized carbons (Fsp3) is 1.00. The lowest BCUT2D eigenvalue weighted by Gasteiger charge is -2.46. The van der Waals surface area contributed by atoms with Gasteiger partial charge in [-0.05, 0) is 50.4 Å². The summed E-state index contributed by atoms with van der Waals surface area (Å²) in [6, 6.07) is 0. The highest BCUT2D eigenvalue weighted by molar-refractivity contribution is 6.70. The minimum Gasteiger partial charge on any atom is -0.394 e. The van der Waals surface area contributed by atoms with Crippen molar-refractivity contribution in [2.24, 2.45) is 11.8 Å². The Bertz CT molecular complexity index is 333. The normalized spacial score (nSPS) is 28.9. The van der Waals surface area contributed by atoms with Crippen LogP contribution in [0.5, 0.6) is 0 Å². The highest BCUT2D eigenvalue weighted by Crippen LogP contribution is 2.50. The van der Waals surface area contributed by atoms with Crippen LogP contribution in [-0.4, -0.2) is 21.8 Å². The molecule has 0 aromatic heterocycles. The first kappa shape index (κ1) is 20.4. The van der Waals surface area contributed by atoms with Gasteiger partial charge in [-0.25, -0.2) is 0 Å². The summed E-state index contributed by atoms with van der Waals surface area (Å²) >= 11 is 0. The standard InChI is InChI=1S/C21H42O2Si/c1-5-16-22-24(23-17-15-18(2)3,20-9-7-6-8-10-20)21-13-11-19(4)12-14-21/h18-21H,5-17H2,1-4H3. The van der Waals surface area contributed by atoms with Gasteiger partial charge in [0.2, 0.25) is 0 Å². The summed E-state index contributed by atoms with van der Waals surface area (Å²) in [6.45, 7) is 11.1. The lowest BCUT2D eigenvalue weighted by Crippen LogP contribution is -2.53. The van der Waals surface area contributed by atoms with Gasteiger partial charge in [0, 0.05) is 24.3 Å². The van der Waals surface area contributed by atoms with Gasteiger partial charge in [0.05, 0.1) is 0 Å². The number of hydrogen-bond donors (Lipinski definition) is 0. The first-order valence-corrected chi connectivity index (χ1v) is 12.8. The fourth-order valence-corrected chi connectivity index (χ4v) is 9.73. The summed E-state index contributed by atoms with van der Waals surface area (Å²) in [5, 5.41) is 0. The van der Waals surface area contributed by atoms with Gasteiger partial charge >= 0.3 is 8.56 Å². The van der Waals surface area contributed by atoms with Crippen LogP contribution in [0.2, 0.25) is 11.1 Å². The second-order valence-electron chi connectivity index (χ2n) is 8.89. The lowest BCUT2D eigenvalue weighted by molar-refractivity contribution is 0.125. The number of rotatable bonds is 9. The van der Waals surface area contributed by atoms with Gasteiger partial charge < -0.3 is 8.85 Å². The molecule has 3 heteroatoms. The highest BCUT2D eigenvalue weighted by atomic mass is 28.4. The zero-order valence-corrected chi connectivity index (χ0v) is 17.8.